The lowest BCUT2D eigenvalue weighted by Gasteiger charge is -2.10. The number of carbonyl (C=O) groups excluding carboxylic acids is 2. The second kappa shape index (κ2) is 7.74. The molecule has 0 radical (unpaired) electrons. The lowest BCUT2D eigenvalue weighted by atomic mass is 10.1. The van der Waals surface area contributed by atoms with Crippen molar-refractivity contribution in [3.63, 3.8) is 0 Å². The Bertz CT molecular complexity index is 817. The van der Waals surface area contributed by atoms with Gasteiger partial charge in [0.2, 0.25) is 5.91 Å². The Morgan fingerprint density at radius 3 is 2.68 bits per heavy atom. The minimum absolute atomic E-state index is 0.0561. The summed E-state index contributed by atoms with van der Waals surface area (Å²) in [6.45, 7) is 1.86. The molecule has 2 aromatic carbocycles. The van der Waals surface area contributed by atoms with E-state index in [-0.39, 0.29) is 11.9 Å². The van der Waals surface area contributed by atoms with Crippen LogP contribution in [0.3, 0.4) is 0 Å². The van der Waals surface area contributed by atoms with E-state index < -0.39 is 0 Å². The van der Waals surface area contributed by atoms with Gasteiger partial charge in [0.25, 0.3) is 0 Å². The van der Waals surface area contributed by atoms with Gasteiger partial charge in [0.05, 0.1) is 18.4 Å². The highest BCUT2D eigenvalue weighted by atomic mass is 32.2. The normalized spacial score (nSPS) is 12.6. The summed E-state index contributed by atoms with van der Waals surface area (Å²) in [6, 6.07) is 11.6. The maximum Gasteiger partial charge on any atom is 0.337 e. The van der Waals surface area contributed by atoms with E-state index in [2.05, 4.69) is 23.5 Å². The number of anilines is 1. The van der Waals surface area contributed by atoms with Gasteiger partial charge in [-0.2, -0.15) is 0 Å². The zero-order valence-corrected chi connectivity index (χ0v) is 15.2. The molecule has 0 aliphatic heterocycles. The molecule has 1 amide bonds. The number of hydrogen-bond donors (Lipinski definition) is 1. The van der Waals surface area contributed by atoms with Crippen molar-refractivity contribution in [2.45, 2.75) is 31.1 Å². The molecule has 25 heavy (non-hydrogen) atoms. The van der Waals surface area contributed by atoms with Gasteiger partial charge in [0.1, 0.15) is 0 Å². The summed E-state index contributed by atoms with van der Waals surface area (Å²) in [5, 5.41) is 2.91. The Kier molecular flexibility index (Phi) is 5.43. The molecule has 0 bridgehead atoms. The summed E-state index contributed by atoms with van der Waals surface area (Å²) in [4.78, 5) is 24.9. The van der Waals surface area contributed by atoms with Crippen LogP contribution in [0.4, 0.5) is 5.69 Å². The number of amides is 1. The minimum Gasteiger partial charge on any atom is -0.465 e. The third-order valence-corrected chi connectivity index (χ3v) is 5.36. The maximum atomic E-state index is 12.2. The number of fused-ring (bicyclic) bond motifs is 1. The van der Waals surface area contributed by atoms with Crippen LogP contribution in [0.5, 0.6) is 0 Å². The third kappa shape index (κ3) is 4.23. The van der Waals surface area contributed by atoms with Crippen LogP contribution >= 0.6 is 11.8 Å². The molecular formula is C20H21NO3S. The summed E-state index contributed by atoms with van der Waals surface area (Å²) in [7, 11) is 1.35. The van der Waals surface area contributed by atoms with Gasteiger partial charge in [-0.05, 0) is 73.2 Å². The van der Waals surface area contributed by atoms with Gasteiger partial charge in [0.15, 0.2) is 0 Å². The Labute approximate surface area is 152 Å². The van der Waals surface area contributed by atoms with E-state index in [0.717, 1.165) is 16.9 Å². The van der Waals surface area contributed by atoms with Gasteiger partial charge in [0, 0.05) is 10.6 Å². The molecule has 4 nitrogen and oxygen atoms in total. The summed E-state index contributed by atoms with van der Waals surface area (Å²) < 4.78 is 4.70. The molecule has 1 aliphatic rings. The second-order valence-corrected chi connectivity index (χ2v) is 7.19. The molecule has 0 aromatic heterocycles. The van der Waals surface area contributed by atoms with Crippen molar-refractivity contribution in [1.82, 2.24) is 0 Å². The van der Waals surface area contributed by atoms with E-state index in [0.29, 0.717) is 17.0 Å². The largest absolute Gasteiger partial charge is 0.465 e. The molecule has 3 rings (SSSR count). The van der Waals surface area contributed by atoms with Gasteiger partial charge in [-0.15, -0.1) is 11.8 Å². The fourth-order valence-corrected chi connectivity index (χ4v) is 3.78. The molecule has 5 heteroatoms. The van der Waals surface area contributed by atoms with Gasteiger partial charge in [-0.25, -0.2) is 4.79 Å². The second-order valence-electron chi connectivity index (χ2n) is 6.14. The van der Waals surface area contributed by atoms with Crippen LogP contribution in [-0.2, 0) is 22.4 Å². The zero-order chi connectivity index (χ0) is 17.8. The first-order valence-corrected chi connectivity index (χ1v) is 9.29. The zero-order valence-electron chi connectivity index (χ0n) is 14.4. The highest BCUT2D eigenvalue weighted by Gasteiger charge is 2.13. The number of hydrogen-bond acceptors (Lipinski definition) is 4. The summed E-state index contributed by atoms with van der Waals surface area (Å²) in [5.41, 5.74) is 4.88. The van der Waals surface area contributed by atoms with E-state index in [1.54, 1.807) is 30.0 Å². The number of esters is 1. The molecule has 0 atom stereocenters. The molecule has 1 N–H and O–H groups in total. The average molecular weight is 355 g/mol. The van der Waals surface area contributed by atoms with Crippen LogP contribution < -0.4 is 5.32 Å². The lowest BCUT2D eigenvalue weighted by molar-refractivity contribution is -0.113. The predicted octanol–water partition coefficient (Wildman–Crippen LogP) is 4.00. The lowest BCUT2D eigenvalue weighted by Crippen LogP contribution is -2.15. The monoisotopic (exact) mass is 355 g/mol. The van der Waals surface area contributed by atoms with E-state index >= 15 is 0 Å². The Morgan fingerprint density at radius 2 is 1.92 bits per heavy atom. The number of rotatable bonds is 5. The fourth-order valence-electron chi connectivity index (χ4n) is 3.02. The SMILES string of the molecule is COC(=O)c1ccc(NC(=O)CSc2ccc3c(c2)CCC3)c(C)c1. The van der Waals surface area contributed by atoms with E-state index in [4.69, 9.17) is 4.74 Å². The molecule has 0 unspecified atom stereocenters. The van der Waals surface area contributed by atoms with Crippen LogP contribution in [0, 0.1) is 6.92 Å². The number of carbonyl (C=O) groups is 2. The van der Waals surface area contributed by atoms with Crippen LogP contribution in [0.15, 0.2) is 41.3 Å². The molecule has 0 fully saturated rings. The van der Waals surface area contributed by atoms with E-state index in [1.165, 1.54) is 31.1 Å². The Hall–Kier alpha value is -2.27. The fraction of sp³-hybridized carbons (Fsp3) is 0.300. The van der Waals surface area contributed by atoms with Gasteiger partial charge in [-0.1, -0.05) is 6.07 Å². The topological polar surface area (TPSA) is 55.4 Å². The van der Waals surface area contributed by atoms with Crippen LogP contribution in [0.2, 0.25) is 0 Å². The van der Waals surface area contributed by atoms with Gasteiger partial charge >= 0.3 is 5.97 Å². The van der Waals surface area contributed by atoms with Crippen molar-refractivity contribution in [3.8, 4) is 0 Å². The third-order valence-electron chi connectivity index (χ3n) is 4.36. The maximum absolute atomic E-state index is 12.2. The van der Waals surface area contributed by atoms with Crippen molar-refractivity contribution in [3.05, 3.63) is 58.7 Å². The van der Waals surface area contributed by atoms with Gasteiger partial charge < -0.3 is 10.1 Å². The molecular weight excluding hydrogens is 334 g/mol. The van der Waals surface area contributed by atoms with Crippen LogP contribution in [0.1, 0.15) is 33.5 Å². The molecule has 1 aliphatic carbocycles. The van der Waals surface area contributed by atoms with E-state index in [1.807, 2.05) is 6.92 Å². The summed E-state index contributed by atoms with van der Waals surface area (Å²) >= 11 is 1.55. The van der Waals surface area contributed by atoms with Crippen molar-refractivity contribution < 1.29 is 14.3 Å². The molecule has 2 aromatic rings. The number of nitrogens with one attached hydrogen (secondary N) is 1. The highest BCUT2D eigenvalue weighted by molar-refractivity contribution is 8.00. The Morgan fingerprint density at radius 1 is 1.12 bits per heavy atom. The highest BCUT2D eigenvalue weighted by Crippen LogP contribution is 2.27. The molecule has 0 saturated carbocycles. The number of ether oxygens (including phenoxy) is 1. The Balaban J connectivity index is 1.58. The summed E-state index contributed by atoms with van der Waals surface area (Å²) in [6.07, 6.45) is 3.54. The number of benzene rings is 2. The van der Waals surface area contributed by atoms with Crippen molar-refractivity contribution in [1.29, 1.82) is 0 Å². The van der Waals surface area contributed by atoms with Crippen molar-refractivity contribution in [2.24, 2.45) is 0 Å². The van der Waals surface area contributed by atoms with Crippen LogP contribution in [-0.4, -0.2) is 24.7 Å². The van der Waals surface area contributed by atoms with Crippen LogP contribution in [0.25, 0.3) is 0 Å². The molecule has 130 valence electrons. The molecule has 0 heterocycles. The first-order chi connectivity index (χ1) is 12.1. The first kappa shape index (κ1) is 17.5. The smallest absolute Gasteiger partial charge is 0.337 e. The quantitative estimate of drug-likeness (QED) is 0.651. The van der Waals surface area contributed by atoms with Crippen molar-refractivity contribution in [2.75, 3.05) is 18.2 Å². The average Bonchev–Trinajstić information content (AvgIpc) is 3.08. The minimum atomic E-state index is -0.381. The van der Waals surface area contributed by atoms with E-state index in [9.17, 15) is 9.59 Å². The summed E-state index contributed by atoms with van der Waals surface area (Å²) in [5.74, 6) is -0.0793. The van der Waals surface area contributed by atoms with Crippen molar-refractivity contribution >= 4 is 29.3 Å². The number of aryl methyl sites for hydroxylation is 3. The molecule has 0 saturated heterocycles. The number of methoxy groups -OCH3 is 1. The molecule has 0 spiro atoms. The predicted molar refractivity (Wildman–Crippen MR) is 100 cm³/mol. The number of thioether (sulfide) groups is 1. The van der Waals surface area contributed by atoms with Gasteiger partial charge in [-0.3, -0.25) is 4.79 Å². The first-order valence-electron chi connectivity index (χ1n) is 8.30. The standard InChI is InChI=1S/C20H21NO3S/c1-13-10-16(20(23)24-2)7-9-18(13)21-19(22)12-25-17-8-6-14-4-3-5-15(14)11-17/h6-11H,3-5,12H2,1-2H3,(H,21,22).